The summed E-state index contributed by atoms with van der Waals surface area (Å²) in [5.74, 6) is -0.362. The van der Waals surface area contributed by atoms with Gasteiger partial charge in [-0.3, -0.25) is 14.9 Å². The quantitative estimate of drug-likeness (QED) is 0.440. The lowest BCUT2D eigenvalue weighted by Crippen LogP contribution is -2.46. The molecule has 32 heavy (non-hydrogen) atoms. The number of nitrogens with zero attached hydrogens (tertiary/aromatic N) is 3. The standard InChI is InChI=1S/C22H26ClN3O5S/c1-15(2)13-24(32(30,31)18-8-9-20(23)21(12-18)26(28)29)14-22(27)25-11-10-17-6-4-5-7-19(17)16(25)3/h4-9,12,15-16H,10-11,13-14H2,1-3H3. The number of amides is 1. The van der Waals surface area contributed by atoms with Crippen LogP contribution in [0.1, 0.15) is 37.9 Å². The van der Waals surface area contributed by atoms with Crippen molar-refractivity contribution in [3.8, 4) is 0 Å². The van der Waals surface area contributed by atoms with Crippen LogP contribution in [0.25, 0.3) is 0 Å². The van der Waals surface area contributed by atoms with Crippen LogP contribution in [-0.2, 0) is 21.2 Å². The third-order valence-electron chi connectivity index (χ3n) is 5.55. The summed E-state index contributed by atoms with van der Waals surface area (Å²) < 4.78 is 27.8. The first-order valence-electron chi connectivity index (χ1n) is 10.3. The smallest absolute Gasteiger partial charge is 0.289 e. The maximum Gasteiger partial charge on any atom is 0.289 e. The van der Waals surface area contributed by atoms with Crippen molar-refractivity contribution < 1.29 is 18.1 Å². The zero-order valence-corrected chi connectivity index (χ0v) is 19.8. The number of sulfonamides is 1. The van der Waals surface area contributed by atoms with Crippen molar-refractivity contribution >= 4 is 33.2 Å². The predicted molar refractivity (Wildman–Crippen MR) is 122 cm³/mol. The number of benzene rings is 2. The SMILES string of the molecule is CC(C)CN(CC(=O)N1CCc2ccccc2C1C)S(=O)(=O)c1ccc(Cl)c([N+](=O)[O-])c1. The molecule has 0 spiro atoms. The van der Waals surface area contributed by atoms with Crippen LogP contribution in [0.4, 0.5) is 5.69 Å². The highest BCUT2D eigenvalue weighted by Gasteiger charge is 2.33. The van der Waals surface area contributed by atoms with Gasteiger partial charge in [-0.15, -0.1) is 0 Å². The molecule has 1 atom stereocenters. The van der Waals surface area contributed by atoms with E-state index in [2.05, 4.69) is 0 Å². The molecule has 0 radical (unpaired) electrons. The Bertz CT molecular complexity index is 1140. The second-order valence-electron chi connectivity index (χ2n) is 8.27. The van der Waals surface area contributed by atoms with E-state index in [0.717, 1.165) is 15.9 Å². The van der Waals surface area contributed by atoms with E-state index < -0.39 is 20.6 Å². The molecular weight excluding hydrogens is 454 g/mol. The minimum Gasteiger partial charge on any atom is -0.334 e. The summed E-state index contributed by atoms with van der Waals surface area (Å²) in [5, 5.41) is 11.1. The lowest BCUT2D eigenvalue weighted by molar-refractivity contribution is -0.384. The summed E-state index contributed by atoms with van der Waals surface area (Å²) in [5.41, 5.74) is 1.74. The largest absolute Gasteiger partial charge is 0.334 e. The minimum atomic E-state index is -4.16. The molecule has 10 heteroatoms. The number of nitro benzene ring substituents is 1. The Morgan fingerprint density at radius 3 is 2.62 bits per heavy atom. The maximum absolute atomic E-state index is 13.3. The number of hydrogen-bond donors (Lipinski definition) is 0. The topological polar surface area (TPSA) is 101 Å². The first-order chi connectivity index (χ1) is 15.0. The van der Waals surface area contributed by atoms with Crippen LogP contribution < -0.4 is 0 Å². The first-order valence-corrected chi connectivity index (χ1v) is 12.2. The van der Waals surface area contributed by atoms with E-state index >= 15 is 0 Å². The molecular formula is C22H26ClN3O5S. The predicted octanol–water partition coefficient (Wildman–Crippen LogP) is 4.04. The molecule has 8 nitrogen and oxygen atoms in total. The Kier molecular flexibility index (Phi) is 7.22. The van der Waals surface area contributed by atoms with Gasteiger partial charge in [0.25, 0.3) is 5.69 Å². The number of carbonyl (C=O) groups excluding carboxylic acids is 1. The van der Waals surface area contributed by atoms with Crippen molar-refractivity contribution in [2.24, 2.45) is 5.92 Å². The molecule has 2 aromatic carbocycles. The van der Waals surface area contributed by atoms with Crippen molar-refractivity contribution in [2.75, 3.05) is 19.6 Å². The van der Waals surface area contributed by atoms with E-state index in [4.69, 9.17) is 11.6 Å². The second-order valence-corrected chi connectivity index (χ2v) is 10.6. The number of carbonyl (C=O) groups is 1. The van der Waals surface area contributed by atoms with E-state index in [-0.39, 0.29) is 40.9 Å². The monoisotopic (exact) mass is 479 g/mol. The van der Waals surface area contributed by atoms with Crippen LogP contribution >= 0.6 is 11.6 Å². The van der Waals surface area contributed by atoms with Crippen molar-refractivity contribution in [1.29, 1.82) is 0 Å². The molecule has 3 rings (SSSR count). The fraction of sp³-hybridized carbons (Fsp3) is 0.409. The van der Waals surface area contributed by atoms with Gasteiger partial charge in [0.2, 0.25) is 15.9 Å². The molecule has 0 bridgehead atoms. The van der Waals surface area contributed by atoms with Crippen LogP contribution in [0, 0.1) is 16.0 Å². The summed E-state index contributed by atoms with van der Waals surface area (Å²) in [6.07, 6.45) is 0.701. The first kappa shape index (κ1) is 24.2. The number of rotatable bonds is 7. The molecule has 172 valence electrons. The molecule has 0 N–H and O–H groups in total. The van der Waals surface area contributed by atoms with Gasteiger partial charge in [0.15, 0.2) is 0 Å². The summed E-state index contributed by atoms with van der Waals surface area (Å²) >= 11 is 5.84. The Morgan fingerprint density at radius 1 is 1.28 bits per heavy atom. The van der Waals surface area contributed by atoms with E-state index in [1.54, 1.807) is 4.90 Å². The molecule has 1 aliphatic heterocycles. The molecule has 1 heterocycles. The molecule has 0 fully saturated rings. The van der Waals surface area contributed by atoms with Gasteiger partial charge in [-0.2, -0.15) is 4.31 Å². The highest BCUT2D eigenvalue weighted by molar-refractivity contribution is 7.89. The summed E-state index contributed by atoms with van der Waals surface area (Å²) in [7, 11) is -4.16. The van der Waals surface area contributed by atoms with Gasteiger partial charge in [-0.25, -0.2) is 8.42 Å². The van der Waals surface area contributed by atoms with Crippen LogP contribution in [0.5, 0.6) is 0 Å². The molecule has 0 aromatic heterocycles. The summed E-state index contributed by atoms with van der Waals surface area (Å²) in [4.78, 5) is 25.1. The molecule has 1 unspecified atom stereocenters. The van der Waals surface area contributed by atoms with Gasteiger partial charge in [0.05, 0.1) is 22.4 Å². The number of fused-ring (bicyclic) bond motifs is 1. The molecule has 2 aromatic rings. The normalized spacial score (nSPS) is 16.3. The highest BCUT2D eigenvalue weighted by atomic mass is 35.5. The van der Waals surface area contributed by atoms with Crippen LogP contribution in [0.3, 0.4) is 0 Å². The van der Waals surface area contributed by atoms with E-state index in [1.165, 1.54) is 17.7 Å². The van der Waals surface area contributed by atoms with Gasteiger partial charge >= 0.3 is 0 Å². The van der Waals surface area contributed by atoms with Crippen LogP contribution in [0.2, 0.25) is 5.02 Å². The Hall–Kier alpha value is -2.49. The average molecular weight is 480 g/mol. The maximum atomic E-state index is 13.3. The number of halogens is 1. The molecule has 0 aliphatic carbocycles. The second kappa shape index (κ2) is 9.56. The fourth-order valence-electron chi connectivity index (χ4n) is 3.95. The minimum absolute atomic E-state index is 0.0561. The zero-order valence-electron chi connectivity index (χ0n) is 18.2. The van der Waals surface area contributed by atoms with Gasteiger partial charge in [0.1, 0.15) is 5.02 Å². The third kappa shape index (κ3) is 4.95. The molecule has 1 amide bonds. The van der Waals surface area contributed by atoms with Gasteiger partial charge in [-0.05, 0) is 42.5 Å². The van der Waals surface area contributed by atoms with Gasteiger partial charge in [0, 0.05) is 19.2 Å². The van der Waals surface area contributed by atoms with Crippen molar-refractivity contribution in [3.63, 3.8) is 0 Å². The Morgan fingerprint density at radius 2 is 1.97 bits per heavy atom. The Labute approximate surface area is 193 Å². The van der Waals surface area contributed by atoms with Crippen LogP contribution in [-0.4, -0.2) is 48.1 Å². The number of nitro groups is 1. The molecule has 0 saturated heterocycles. The van der Waals surface area contributed by atoms with E-state index in [9.17, 15) is 23.3 Å². The number of hydrogen-bond acceptors (Lipinski definition) is 5. The van der Waals surface area contributed by atoms with E-state index in [1.807, 2.05) is 45.0 Å². The lowest BCUT2D eigenvalue weighted by Gasteiger charge is -2.36. The van der Waals surface area contributed by atoms with Crippen LogP contribution in [0.15, 0.2) is 47.4 Å². The van der Waals surface area contributed by atoms with E-state index in [0.29, 0.717) is 13.0 Å². The molecule has 0 saturated carbocycles. The van der Waals surface area contributed by atoms with Crippen molar-refractivity contribution in [3.05, 3.63) is 68.7 Å². The highest BCUT2D eigenvalue weighted by Crippen LogP contribution is 2.31. The zero-order chi connectivity index (χ0) is 23.6. The van der Waals surface area contributed by atoms with Gasteiger partial charge < -0.3 is 4.90 Å². The summed E-state index contributed by atoms with van der Waals surface area (Å²) in [6.45, 7) is 5.87. The van der Waals surface area contributed by atoms with Crippen molar-refractivity contribution in [2.45, 2.75) is 38.1 Å². The molecule has 1 aliphatic rings. The fourth-order valence-corrected chi connectivity index (χ4v) is 5.71. The van der Waals surface area contributed by atoms with Gasteiger partial charge in [-0.1, -0.05) is 49.7 Å². The third-order valence-corrected chi connectivity index (χ3v) is 7.67. The summed E-state index contributed by atoms with van der Waals surface area (Å²) in [6, 6.07) is 11.1. The Balaban J connectivity index is 1.89. The average Bonchev–Trinajstić information content (AvgIpc) is 2.73. The lowest BCUT2D eigenvalue weighted by atomic mass is 9.93. The van der Waals surface area contributed by atoms with Crippen molar-refractivity contribution in [1.82, 2.24) is 9.21 Å².